The molecule has 0 heterocycles. The number of nitrogens with one attached hydrogen (secondary N) is 2. The minimum atomic E-state index is -0.149. The third kappa shape index (κ3) is 3.71. The van der Waals surface area contributed by atoms with Gasteiger partial charge in [0.2, 0.25) is 5.91 Å². The van der Waals surface area contributed by atoms with Gasteiger partial charge in [-0.25, -0.2) is 0 Å². The lowest BCUT2D eigenvalue weighted by Crippen LogP contribution is -2.35. The Kier molecular flexibility index (Phi) is 4.04. The molecular formula is C14H19N3O2. The molecule has 0 aliphatic heterocycles. The van der Waals surface area contributed by atoms with Gasteiger partial charge in [-0.1, -0.05) is 0 Å². The third-order valence-corrected chi connectivity index (χ3v) is 3.19. The average molecular weight is 261 g/mol. The van der Waals surface area contributed by atoms with E-state index in [0.717, 1.165) is 18.4 Å². The highest BCUT2D eigenvalue weighted by atomic mass is 16.2. The molecule has 0 radical (unpaired) electrons. The van der Waals surface area contributed by atoms with Crippen LogP contribution in [0.3, 0.4) is 0 Å². The second-order valence-electron chi connectivity index (χ2n) is 4.89. The zero-order valence-corrected chi connectivity index (χ0v) is 11.0. The van der Waals surface area contributed by atoms with Crippen molar-refractivity contribution in [3.8, 4) is 0 Å². The van der Waals surface area contributed by atoms with Gasteiger partial charge in [-0.2, -0.15) is 0 Å². The summed E-state index contributed by atoms with van der Waals surface area (Å²) in [6.45, 7) is 2.76. The summed E-state index contributed by atoms with van der Waals surface area (Å²) in [5.41, 5.74) is 7.84. The molecule has 5 heteroatoms. The molecule has 1 aliphatic carbocycles. The fourth-order valence-electron chi connectivity index (χ4n) is 1.77. The Labute approximate surface area is 112 Å². The van der Waals surface area contributed by atoms with E-state index in [9.17, 15) is 9.59 Å². The summed E-state index contributed by atoms with van der Waals surface area (Å²) in [6, 6.07) is 5.17. The maximum Gasteiger partial charge on any atom is 0.251 e. The van der Waals surface area contributed by atoms with E-state index < -0.39 is 0 Å². The van der Waals surface area contributed by atoms with Crippen LogP contribution in [-0.2, 0) is 4.79 Å². The van der Waals surface area contributed by atoms with E-state index in [1.807, 2.05) is 6.92 Å². The van der Waals surface area contributed by atoms with Crippen molar-refractivity contribution in [2.45, 2.75) is 19.8 Å². The number of rotatable bonds is 5. The first-order chi connectivity index (χ1) is 9.08. The monoisotopic (exact) mass is 261 g/mol. The van der Waals surface area contributed by atoms with Crippen LogP contribution in [0, 0.1) is 12.8 Å². The normalized spacial score (nSPS) is 13.9. The lowest BCUT2D eigenvalue weighted by molar-refractivity contribution is -0.122. The quantitative estimate of drug-likeness (QED) is 0.542. The van der Waals surface area contributed by atoms with E-state index in [1.54, 1.807) is 18.2 Å². The highest BCUT2D eigenvalue weighted by molar-refractivity contribution is 5.94. The van der Waals surface area contributed by atoms with Crippen molar-refractivity contribution >= 4 is 17.5 Å². The summed E-state index contributed by atoms with van der Waals surface area (Å²) < 4.78 is 0. The SMILES string of the molecule is Cc1cc(C(=O)NCCNC(=O)C2CC2)ccc1N. The van der Waals surface area contributed by atoms with E-state index in [0.29, 0.717) is 24.3 Å². The van der Waals surface area contributed by atoms with Crippen molar-refractivity contribution in [2.75, 3.05) is 18.8 Å². The van der Waals surface area contributed by atoms with Gasteiger partial charge in [0.15, 0.2) is 0 Å². The smallest absolute Gasteiger partial charge is 0.251 e. The zero-order valence-electron chi connectivity index (χ0n) is 11.0. The molecule has 1 aliphatic rings. The molecule has 0 aromatic heterocycles. The van der Waals surface area contributed by atoms with Crippen LogP contribution in [0.1, 0.15) is 28.8 Å². The lowest BCUT2D eigenvalue weighted by Gasteiger charge is -2.08. The Bertz CT molecular complexity index is 495. The summed E-state index contributed by atoms with van der Waals surface area (Å²) in [5, 5.41) is 5.56. The average Bonchev–Trinajstić information content (AvgIpc) is 3.21. The highest BCUT2D eigenvalue weighted by Gasteiger charge is 2.28. The molecule has 2 rings (SSSR count). The predicted molar refractivity (Wildman–Crippen MR) is 73.7 cm³/mol. The Balaban J connectivity index is 1.74. The predicted octanol–water partition coefficient (Wildman–Crippen LogP) is 0.833. The molecule has 1 aromatic carbocycles. The number of carbonyl (C=O) groups excluding carboxylic acids is 2. The van der Waals surface area contributed by atoms with Gasteiger partial charge < -0.3 is 16.4 Å². The Hall–Kier alpha value is -2.04. The van der Waals surface area contributed by atoms with Crippen molar-refractivity contribution in [2.24, 2.45) is 5.92 Å². The Morgan fingerprint density at radius 3 is 2.58 bits per heavy atom. The van der Waals surface area contributed by atoms with E-state index in [1.165, 1.54) is 0 Å². The molecule has 102 valence electrons. The van der Waals surface area contributed by atoms with Crippen molar-refractivity contribution in [1.29, 1.82) is 0 Å². The molecule has 5 nitrogen and oxygen atoms in total. The highest BCUT2D eigenvalue weighted by Crippen LogP contribution is 2.28. The van der Waals surface area contributed by atoms with Crippen LogP contribution in [0.15, 0.2) is 18.2 Å². The Morgan fingerprint density at radius 1 is 1.26 bits per heavy atom. The molecule has 19 heavy (non-hydrogen) atoms. The van der Waals surface area contributed by atoms with Crippen LogP contribution >= 0.6 is 0 Å². The van der Waals surface area contributed by atoms with Crippen LogP contribution in [0.25, 0.3) is 0 Å². The van der Waals surface area contributed by atoms with E-state index in [4.69, 9.17) is 5.73 Å². The van der Waals surface area contributed by atoms with Gasteiger partial charge in [-0.05, 0) is 43.5 Å². The van der Waals surface area contributed by atoms with Gasteiger partial charge >= 0.3 is 0 Å². The summed E-state index contributed by atoms with van der Waals surface area (Å²) in [4.78, 5) is 23.2. The largest absolute Gasteiger partial charge is 0.399 e. The van der Waals surface area contributed by atoms with Crippen LogP contribution < -0.4 is 16.4 Å². The Morgan fingerprint density at radius 2 is 1.95 bits per heavy atom. The number of aryl methyl sites for hydroxylation is 1. The van der Waals surface area contributed by atoms with Crippen molar-refractivity contribution in [3.63, 3.8) is 0 Å². The van der Waals surface area contributed by atoms with Gasteiger partial charge in [0, 0.05) is 30.3 Å². The van der Waals surface area contributed by atoms with Crippen LogP contribution in [0.5, 0.6) is 0 Å². The zero-order chi connectivity index (χ0) is 13.8. The number of hydrogen-bond donors (Lipinski definition) is 3. The van der Waals surface area contributed by atoms with Gasteiger partial charge in [0.05, 0.1) is 0 Å². The molecule has 0 spiro atoms. The molecule has 1 fully saturated rings. The summed E-state index contributed by atoms with van der Waals surface area (Å²) in [7, 11) is 0. The number of anilines is 1. The summed E-state index contributed by atoms with van der Waals surface area (Å²) in [6.07, 6.45) is 1.98. The van der Waals surface area contributed by atoms with Crippen LogP contribution in [-0.4, -0.2) is 24.9 Å². The number of nitrogen functional groups attached to an aromatic ring is 1. The number of amides is 2. The maximum atomic E-state index is 11.8. The number of hydrogen-bond acceptors (Lipinski definition) is 3. The fraction of sp³-hybridized carbons (Fsp3) is 0.429. The van der Waals surface area contributed by atoms with Crippen molar-refractivity contribution < 1.29 is 9.59 Å². The molecule has 2 amide bonds. The number of nitrogens with two attached hydrogens (primary N) is 1. The van der Waals surface area contributed by atoms with Gasteiger partial charge in [0.1, 0.15) is 0 Å². The molecular weight excluding hydrogens is 242 g/mol. The first-order valence-electron chi connectivity index (χ1n) is 6.50. The standard InChI is InChI=1S/C14H19N3O2/c1-9-8-11(4-5-12(9)15)14(19)17-7-6-16-13(18)10-2-3-10/h4-5,8,10H,2-3,6-7,15H2,1H3,(H,16,18)(H,17,19). The fourth-order valence-corrected chi connectivity index (χ4v) is 1.77. The number of benzene rings is 1. The van der Waals surface area contributed by atoms with E-state index in [2.05, 4.69) is 10.6 Å². The molecule has 1 saturated carbocycles. The van der Waals surface area contributed by atoms with Crippen molar-refractivity contribution in [3.05, 3.63) is 29.3 Å². The second kappa shape index (κ2) is 5.73. The summed E-state index contributed by atoms with van der Waals surface area (Å²) >= 11 is 0. The van der Waals surface area contributed by atoms with Crippen molar-refractivity contribution in [1.82, 2.24) is 10.6 Å². The first-order valence-corrected chi connectivity index (χ1v) is 6.50. The minimum Gasteiger partial charge on any atom is -0.399 e. The van der Waals surface area contributed by atoms with Gasteiger partial charge in [0.25, 0.3) is 5.91 Å². The van der Waals surface area contributed by atoms with Crippen LogP contribution in [0.4, 0.5) is 5.69 Å². The second-order valence-corrected chi connectivity index (χ2v) is 4.89. The molecule has 1 aromatic rings. The molecule has 0 atom stereocenters. The van der Waals surface area contributed by atoms with E-state index in [-0.39, 0.29) is 17.7 Å². The molecule has 0 bridgehead atoms. The topological polar surface area (TPSA) is 84.2 Å². The molecule has 4 N–H and O–H groups in total. The molecule has 0 saturated heterocycles. The van der Waals surface area contributed by atoms with E-state index >= 15 is 0 Å². The van der Waals surface area contributed by atoms with Gasteiger partial charge in [-0.15, -0.1) is 0 Å². The minimum absolute atomic E-state index is 0.0950. The maximum absolute atomic E-state index is 11.8. The third-order valence-electron chi connectivity index (χ3n) is 3.19. The first kappa shape index (κ1) is 13.4. The van der Waals surface area contributed by atoms with Gasteiger partial charge in [-0.3, -0.25) is 9.59 Å². The molecule has 0 unspecified atom stereocenters. The van der Waals surface area contributed by atoms with Crippen LogP contribution in [0.2, 0.25) is 0 Å². The number of carbonyl (C=O) groups is 2. The summed E-state index contributed by atoms with van der Waals surface area (Å²) in [5.74, 6) is 0.150. The lowest BCUT2D eigenvalue weighted by atomic mass is 10.1.